The first-order valence-electron chi connectivity index (χ1n) is 2.54. The number of rotatable bonds is 1. The first kappa shape index (κ1) is 12.2. The van der Waals surface area contributed by atoms with Gasteiger partial charge in [0.05, 0.1) is 0 Å². The van der Waals surface area contributed by atoms with Gasteiger partial charge in [0.15, 0.2) is 0 Å². The van der Waals surface area contributed by atoms with Gasteiger partial charge < -0.3 is 10.5 Å². The quantitative estimate of drug-likeness (QED) is 0.498. The van der Waals surface area contributed by atoms with E-state index in [4.69, 9.17) is 5.21 Å². The van der Waals surface area contributed by atoms with E-state index >= 15 is 0 Å². The number of hydrogen-bond donors (Lipinski definition) is 3. The molecule has 0 unspecified atom stereocenters. The molecule has 1 aliphatic heterocycles. The number of halogens is 2. The van der Waals surface area contributed by atoms with Crippen molar-refractivity contribution in [1.29, 1.82) is 0 Å². The summed E-state index contributed by atoms with van der Waals surface area (Å²) in [6.45, 7) is 1.93. The van der Waals surface area contributed by atoms with Gasteiger partial charge >= 0.3 is 0 Å². The van der Waals surface area contributed by atoms with Crippen molar-refractivity contribution in [3.63, 3.8) is 0 Å². The van der Waals surface area contributed by atoms with Gasteiger partial charge in [-0.25, -0.2) is 5.48 Å². The van der Waals surface area contributed by atoms with E-state index in [9.17, 15) is 0 Å². The molecule has 1 atom stereocenters. The molecule has 0 aromatic rings. The highest BCUT2D eigenvalue weighted by Gasteiger charge is 2.11. The SMILES string of the molecule is Cl.Cl.ON[C@@H]1CCNC1. The Labute approximate surface area is 67.0 Å². The van der Waals surface area contributed by atoms with Gasteiger partial charge in [0.1, 0.15) is 0 Å². The molecule has 0 bridgehead atoms. The molecular formula is C4H12Cl2N2O. The second kappa shape index (κ2) is 6.58. The van der Waals surface area contributed by atoms with E-state index in [0.717, 1.165) is 19.5 Å². The summed E-state index contributed by atoms with van der Waals surface area (Å²) in [6, 6.07) is 0.292. The third-order valence-electron chi connectivity index (χ3n) is 1.24. The summed E-state index contributed by atoms with van der Waals surface area (Å²) in [5.74, 6) is 0. The van der Waals surface area contributed by atoms with Crippen LogP contribution in [0.2, 0.25) is 0 Å². The van der Waals surface area contributed by atoms with Gasteiger partial charge in [-0.15, -0.1) is 24.8 Å². The molecule has 0 aromatic heterocycles. The third kappa shape index (κ3) is 3.95. The predicted molar refractivity (Wildman–Crippen MR) is 40.7 cm³/mol. The van der Waals surface area contributed by atoms with Gasteiger partial charge in [-0.05, 0) is 13.0 Å². The van der Waals surface area contributed by atoms with E-state index in [1.807, 2.05) is 0 Å². The molecule has 0 aliphatic carbocycles. The lowest BCUT2D eigenvalue weighted by molar-refractivity contribution is 0.133. The molecule has 58 valence electrons. The van der Waals surface area contributed by atoms with Crippen molar-refractivity contribution in [3.8, 4) is 0 Å². The Hall–Kier alpha value is 0.460. The minimum Gasteiger partial charge on any atom is -0.316 e. The maximum absolute atomic E-state index is 8.28. The van der Waals surface area contributed by atoms with Crippen molar-refractivity contribution in [3.05, 3.63) is 0 Å². The fourth-order valence-electron chi connectivity index (χ4n) is 0.765. The first-order valence-corrected chi connectivity index (χ1v) is 2.54. The van der Waals surface area contributed by atoms with Gasteiger partial charge in [-0.1, -0.05) is 0 Å². The molecule has 0 aromatic carbocycles. The summed E-state index contributed by atoms with van der Waals surface area (Å²) < 4.78 is 0. The minimum absolute atomic E-state index is 0. The zero-order valence-electron chi connectivity index (χ0n) is 4.96. The lowest BCUT2D eigenvalue weighted by Crippen LogP contribution is -2.27. The average molecular weight is 175 g/mol. The molecule has 1 fully saturated rings. The summed E-state index contributed by atoms with van der Waals surface area (Å²) >= 11 is 0. The molecule has 3 N–H and O–H groups in total. The summed E-state index contributed by atoms with van der Waals surface area (Å²) in [4.78, 5) is 0. The average Bonchev–Trinajstić information content (AvgIpc) is 2.14. The fourth-order valence-corrected chi connectivity index (χ4v) is 0.765. The Morgan fingerprint density at radius 3 is 2.33 bits per heavy atom. The molecule has 1 saturated heterocycles. The molecule has 0 amide bonds. The van der Waals surface area contributed by atoms with Crippen LogP contribution in [0.15, 0.2) is 0 Å². The van der Waals surface area contributed by atoms with E-state index < -0.39 is 0 Å². The van der Waals surface area contributed by atoms with E-state index in [0.29, 0.717) is 6.04 Å². The molecule has 0 radical (unpaired) electrons. The lowest BCUT2D eigenvalue weighted by Gasteiger charge is -2.00. The summed E-state index contributed by atoms with van der Waals surface area (Å²) in [5, 5.41) is 11.4. The Kier molecular flexibility index (Phi) is 8.89. The lowest BCUT2D eigenvalue weighted by atomic mass is 10.3. The number of hydrogen-bond acceptors (Lipinski definition) is 3. The Morgan fingerprint density at radius 2 is 2.11 bits per heavy atom. The van der Waals surface area contributed by atoms with Crippen LogP contribution in [0.25, 0.3) is 0 Å². The van der Waals surface area contributed by atoms with Gasteiger partial charge in [-0.2, -0.15) is 0 Å². The first-order chi connectivity index (χ1) is 3.43. The molecule has 3 nitrogen and oxygen atoms in total. The zero-order valence-corrected chi connectivity index (χ0v) is 6.60. The van der Waals surface area contributed by atoms with Crippen LogP contribution in [0.5, 0.6) is 0 Å². The van der Waals surface area contributed by atoms with E-state index in [1.54, 1.807) is 0 Å². The Balaban J connectivity index is 0. The molecule has 9 heavy (non-hydrogen) atoms. The van der Waals surface area contributed by atoms with Gasteiger partial charge in [0.25, 0.3) is 0 Å². The van der Waals surface area contributed by atoms with E-state index in [-0.39, 0.29) is 24.8 Å². The maximum Gasteiger partial charge on any atom is 0.0456 e. The van der Waals surface area contributed by atoms with E-state index in [2.05, 4.69) is 10.8 Å². The molecule has 1 heterocycles. The molecule has 1 aliphatic rings. The molecule has 0 spiro atoms. The smallest absolute Gasteiger partial charge is 0.0456 e. The summed E-state index contributed by atoms with van der Waals surface area (Å²) in [5.41, 5.74) is 2.20. The highest BCUT2D eigenvalue weighted by molar-refractivity contribution is 5.85. The third-order valence-corrected chi connectivity index (χ3v) is 1.24. The van der Waals surface area contributed by atoms with Crippen molar-refractivity contribution in [2.45, 2.75) is 12.5 Å². The highest BCUT2D eigenvalue weighted by atomic mass is 35.5. The van der Waals surface area contributed by atoms with Crippen LogP contribution < -0.4 is 10.8 Å². The molecule has 1 rings (SSSR count). The Bertz CT molecular complexity index is 58.5. The van der Waals surface area contributed by atoms with Crippen molar-refractivity contribution < 1.29 is 5.21 Å². The summed E-state index contributed by atoms with van der Waals surface area (Å²) in [7, 11) is 0. The van der Waals surface area contributed by atoms with Crippen LogP contribution in [0.4, 0.5) is 0 Å². The Morgan fingerprint density at radius 1 is 1.44 bits per heavy atom. The number of hydroxylamine groups is 1. The van der Waals surface area contributed by atoms with Crippen LogP contribution in [-0.4, -0.2) is 24.3 Å². The van der Waals surface area contributed by atoms with Gasteiger partial charge in [-0.3, -0.25) is 0 Å². The van der Waals surface area contributed by atoms with Crippen LogP contribution in [-0.2, 0) is 0 Å². The molecule has 0 saturated carbocycles. The monoisotopic (exact) mass is 174 g/mol. The van der Waals surface area contributed by atoms with Crippen molar-refractivity contribution in [2.75, 3.05) is 13.1 Å². The topological polar surface area (TPSA) is 44.3 Å². The normalized spacial score (nSPS) is 24.3. The zero-order chi connectivity index (χ0) is 5.11. The molecule has 5 heteroatoms. The standard InChI is InChI=1S/C4H10N2O.2ClH/c7-6-4-1-2-5-3-4;;/h4-7H,1-3H2;2*1H/t4-;;/m1../s1. The largest absolute Gasteiger partial charge is 0.316 e. The van der Waals surface area contributed by atoms with Crippen LogP contribution in [0.3, 0.4) is 0 Å². The van der Waals surface area contributed by atoms with Crippen molar-refractivity contribution >= 4 is 24.8 Å². The predicted octanol–water partition coefficient (Wildman–Crippen LogP) is 0.171. The van der Waals surface area contributed by atoms with Crippen molar-refractivity contribution in [1.82, 2.24) is 10.8 Å². The van der Waals surface area contributed by atoms with Crippen LogP contribution in [0.1, 0.15) is 6.42 Å². The number of nitrogens with one attached hydrogen (secondary N) is 2. The van der Waals surface area contributed by atoms with Gasteiger partial charge in [0.2, 0.25) is 0 Å². The second-order valence-corrected chi connectivity index (χ2v) is 1.82. The summed E-state index contributed by atoms with van der Waals surface area (Å²) in [6.07, 6.45) is 1.04. The highest BCUT2D eigenvalue weighted by Crippen LogP contribution is 1.93. The van der Waals surface area contributed by atoms with Crippen LogP contribution >= 0.6 is 24.8 Å². The minimum atomic E-state index is 0. The van der Waals surface area contributed by atoms with E-state index in [1.165, 1.54) is 0 Å². The second-order valence-electron chi connectivity index (χ2n) is 1.82. The maximum atomic E-state index is 8.28. The van der Waals surface area contributed by atoms with Crippen molar-refractivity contribution in [2.24, 2.45) is 0 Å². The molecular weight excluding hydrogens is 163 g/mol. The fraction of sp³-hybridized carbons (Fsp3) is 1.00. The van der Waals surface area contributed by atoms with Gasteiger partial charge in [0, 0.05) is 12.6 Å². The van der Waals surface area contributed by atoms with Crippen LogP contribution in [0, 0.1) is 0 Å².